The Kier molecular flexibility index (Phi) is 6.10. The molecule has 0 N–H and O–H groups in total. The topological polar surface area (TPSA) is 3.88 Å². The maximum atomic E-state index is 9.09. The van der Waals surface area contributed by atoms with Crippen LogP contribution in [0.5, 0.6) is 0 Å². The minimum atomic E-state index is -1.86. The van der Waals surface area contributed by atoms with Gasteiger partial charge in [-0.3, -0.25) is 0 Å². The average Bonchev–Trinajstić information content (AvgIpc) is 2.90. The van der Waals surface area contributed by atoms with Gasteiger partial charge in [0, 0.05) is 13.0 Å². The summed E-state index contributed by atoms with van der Waals surface area (Å²) in [6.07, 6.45) is 6.69. The van der Waals surface area contributed by atoms with Gasteiger partial charge < -0.3 is 0 Å². The Morgan fingerprint density at radius 2 is 1.57 bits per heavy atom. The average molecular weight is 480 g/mol. The summed E-state index contributed by atoms with van der Waals surface area (Å²) in [5, 5.41) is 5.09. The molecule has 0 spiro atoms. The summed E-state index contributed by atoms with van der Waals surface area (Å²) in [5.74, 6) is 0.675. The van der Waals surface area contributed by atoms with Gasteiger partial charge >= 0.3 is 0 Å². The maximum absolute atomic E-state index is 9.09. The minimum Gasteiger partial charge on any atom is -0.198 e. The van der Waals surface area contributed by atoms with E-state index in [0.717, 1.165) is 11.1 Å². The van der Waals surface area contributed by atoms with E-state index in [-0.39, 0.29) is 0 Å². The second-order valence-corrected chi connectivity index (χ2v) is 15.6. The smallest absolute Gasteiger partial charge is 0.198 e. The lowest BCUT2D eigenvalue weighted by molar-refractivity contribution is -0.665. The Balaban J connectivity index is 1.73. The van der Waals surface area contributed by atoms with Crippen LogP contribution in [0.25, 0.3) is 22.0 Å². The molecule has 1 aliphatic rings. The summed E-state index contributed by atoms with van der Waals surface area (Å²) in [4.78, 5) is 0. The zero-order chi connectivity index (χ0) is 25.6. The van der Waals surface area contributed by atoms with E-state index < -0.39 is 8.07 Å². The normalized spacial score (nSPS) is 15.4. The molecule has 180 valence electrons. The quantitative estimate of drug-likeness (QED) is 0.217. The standard InChI is InChI=1S/C33H40NSi/c1-23-19-27(26-13-9-7-10-14-26)22-32(25(23)3)33-31-18-17-30(21-28(31)20-24(2)34(33)4)35(5,6)29-15-11-8-12-16-29/h8,11-12,15-22,26H,7,9-10,13-14H2,1-6H3/q+1/i20D. The molecule has 4 aromatic rings. The lowest BCUT2D eigenvalue weighted by Crippen LogP contribution is -2.52. The van der Waals surface area contributed by atoms with Crippen LogP contribution in [-0.2, 0) is 7.05 Å². The molecule has 1 aromatic heterocycles. The highest BCUT2D eigenvalue weighted by molar-refractivity contribution is 7.00. The summed E-state index contributed by atoms with van der Waals surface area (Å²) in [6.45, 7) is 11.5. The molecular weight excluding hydrogens is 438 g/mol. The number of aryl methyl sites for hydroxylation is 1. The number of benzene rings is 3. The summed E-state index contributed by atoms with van der Waals surface area (Å²) < 4.78 is 11.3. The van der Waals surface area contributed by atoms with Crippen molar-refractivity contribution in [3.05, 3.63) is 89.1 Å². The molecule has 1 nitrogen and oxygen atoms in total. The first-order valence-corrected chi connectivity index (χ1v) is 16.3. The van der Waals surface area contributed by atoms with Gasteiger partial charge in [-0.25, -0.2) is 0 Å². The highest BCUT2D eigenvalue weighted by Crippen LogP contribution is 2.37. The summed E-state index contributed by atoms with van der Waals surface area (Å²) in [6, 6.07) is 23.5. The van der Waals surface area contributed by atoms with Crippen molar-refractivity contribution in [2.45, 2.75) is 71.9 Å². The molecule has 1 heterocycles. The molecular formula is C33H40NSi+. The molecule has 0 aliphatic heterocycles. The fourth-order valence-corrected chi connectivity index (χ4v) is 8.39. The molecule has 1 fully saturated rings. The van der Waals surface area contributed by atoms with Gasteiger partial charge in [0.05, 0.1) is 12.3 Å². The van der Waals surface area contributed by atoms with Gasteiger partial charge in [0.1, 0.15) is 15.1 Å². The minimum absolute atomic E-state index is 0.647. The van der Waals surface area contributed by atoms with Crippen LogP contribution in [0.4, 0.5) is 0 Å². The van der Waals surface area contributed by atoms with Crippen molar-refractivity contribution in [3.8, 4) is 11.3 Å². The van der Waals surface area contributed by atoms with E-state index >= 15 is 0 Å². The van der Waals surface area contributed by atoms with Crippen LogP contribution in [-0.4, -0.2) is 8.07 Å². The Bertz CT molecular complexity index is 1430. The van der Waals surface area contributed by atoms with Crippen LogP contribution in [0.3, 0.4) is 0 Å². The molecule has 5 rings (SSSR count). The number of hydrogen-bond donors (Lipinski definition) is 0. The Hall–Kier alpha value is -2.71. The highest BCUT2D eigenvalue weighted by atomic mass is 28.3. The predicted octanol–water partition coefficient (Wildman–Crippen LogP) is 7.13. The lowest BCUT2D eigenvalue weighted by Gasteiger charge is -2.25. The SMILES string of the molecule is [2H]c1c(C)[n+](C)c(-c2cc(C3CCCCC3)cc(C)c2C)c2ccc([Si](C)(C)c3ccccc3)cc12. The first kappa shape index (κ1) is 22.7. The van der Waals surface area contributed by atoms with E-state index in [4.69, 9.17) is 1.37 Å². The van der Waals surface area contributed by atoms with Crippen molar-refractivity contribution in [2.24, 2.45) is 7.05 Å². The van der Waals surface area contributed by atoms with E-state index in [9.17, 15) is 0 Å². The first-order valence-electron chi connectivity index (χ1n) is 13.8. The van der Waals surface area contributed by atoms with E-state index in [0.29, 0.717) is 12.0 Å². The molecule has 0 unspecified atom stereocenters. The van der Waals surface area contributed by atoms with Crippen molar-refractivity contribution >= 4 is 29.2 Å². The van der Waals surface area contributed by atoms with Gasteiger partial charge in [-0.15, -0.1) is 0 Å². The summed E-state index contributed by atoms with van der Waals surface area (Å²) in [7, 11) is 0.275. The third-order valence-corrected chi connectivity index (χ3v) is 12.2. The number of rotatable bonds is 4. The van der Waals surface area contributed by atoms with Gasteiger partial charge in [-0.05, 0) is 66.8 Å². The molecule has 0 radical (unpaired) electrons. The van der Waals surface area contributed by atoms with Crippen molar-refractivity contribution in [3.63, 3.8) is 0 Å². The van der Waals surface area contributed by atoms with Crippen molar-refractivity contribution < 1.29 is 5.94 Å². The van der Waals surface area contributed by atoms with Gasteiger partial charge in [0.25, 0.3) is 0 Å². The number of pyridine rings is 1. The zero-order valence-electron chi connectivity index (χ0n) is 23.3. The molecule has 1 aliphatic carbocycles. The third kappa shape index (κ3) is 4.38. The molecule has 1 saturated carbocycles. The Morgan fingerprint density at radius 1 is 0.857 bits per heavy atom. The molecule has 0 bridgehead atoms. The van der Waals surface area contributed by atoms with Gasteiger partial charge in [-0.1, -0.05) is 91.3 Å². The Labute approximate surface area is 214 Å². The molecule has 0 saturated heterocycles. The first-order chi connectivity index (χ1) is 17.2. The Morgan fingerprint density at radius 3 is 2.29 bits per heavy atom. The molecule has 0 amide bonds. The van der Waals surface area contributed by atoms with Crippen molar-refractivity contribution in [1.29, 1.82) is 0 Å². The van der Waals surface area contributed by atoms with Gasteiger partial charge in [0.15, 0.2) is 5.69 Å². The van der Waals surface area contributed by atoms with E-state index in [2.05, 4.69) is 106 Å². The largest absolute Gasteiger partial charge is 0.220 e. The van der Waals surface area contributed by atoms with Crippen molar-refractivity contribution in [1.82, 2.24) is 0 Å². The van der Waals surface area contributed by atoms with Crippen molar-refractivity contribution in [2.75, 3.05) is 0 Å². The van der Waals surface area contributed by atoms with Crippen LogP contribution < -0.4 is 14.9 Å². The fourth-order valence-electron chi connectivity index (χ4n) is 6.02. The number of hydrogen-bond acceptors (Lipinski definition) is 0. The lowest BCUT2D eigenvalue weighted by atomic mass is 9.81. The van der Waals surface area contributed by atoms with Crippen LogP contribution in [0.2, 0.25) is 13.1 Å². The molecule has 2 heteroatoms. The van der Waals surface area contributed by atoms with Crippen LogP contribution in [0, 0.1) is 20.8 Å². The fraction of sp³-hybridized carbons (Fsp3) is 0.364. The monoisotopic (exact) mass is 479 g/mol. The highest BCUT2D eigenvalue weighted by Gasteiger charge is 2.28. The number of aromatic nitrogens is 1. The van der Waals surface area contributed by atoms with Gasteiger partial charge in [0.2, 0.25) is 5.69 Å². The second-order valence-electron chi connectivity index (χ2n) is 11.2. The van der Waals surface area contributed by atoms with E-state index in [1.54, 1.807) is 0 Å². The third-order valence-electron chi connectivity index (χ3n) is 8.67. The van der Waals surface area contributed by atoms with E-state index in [1.807, 2.05) is 0 Å². The number of fused-ring (bicyclic) bond motifs is 1. The maximum Gasteiger partial charge on any atom is 0.220 e. The molecule has 35 heavy (non-hydrogen) atoms. The molecule has 3 aromatic carbocycles. The van der Waals surface area contributed by atoms with Gasteiger partial charge in [-0.2, -0.15) is 4.57 Å². The van der Waals surface area contributed by atoms with Crippen LogP contribution in [0.1, 0.15) is 61.8 Å². The summed E-state index contributed by atoms with van der Waals surface area (Å²) in [5.41, 5.74) is 7.84. The van der Waals surface area contributed by atoms with Crippen LogP contribution >= 0.6 is 0 Å². The second kappa shape index (κ2) is 9.39. The zero-order valence-corrected chi connectivity index (χ0v) is 23.3. The van der Waals surface area contributed by atoms with Crippen LogP contribution in [0.15, 0.2) is 66.7 Å². The predicted molar refractivity (Wildman–Crippen MR) is 154 cm³/mol. The summed E-state index contributed by atoms with van der Waals surface area (Å²) >= 11 is 0. The molecule has 0 atom stereocenters. The van der Waals surface area contributed by atoms with E-state index in [1.165, 1.54) is 75.8 Å². The number of nitrogens with zero attached hydrogens (tertiary/aromatic N) is 1.